The molecule has 0 aromatic rings. The van der Waals surface area contributed by atoms with E-state index in [4.69, 9.17) is 6.42 Å². The average Bonchev–Trinajstić information content (AvgIpc) is 2.07. The molecule has 0 aromatic carbocycles. The maximum atomic E-state index is 6.88. The molecule has 1 saturated heterocycles. The van der Waals surface area contributed by atoms with Gasteiger partial charge in [0.1, 0.15) is 0 Å². The van der Waals surface area contributed by atoms with Crippen molar-refractivity contribution in [1.29, 1.82) is 0 Å². The van der Waals surface area contributed by atoms with Gasteiger partial charge in [0.15, 0.2) is 0 Å². The van der Waals surface area contributed by atoms with Gasteiger partial charge in [-0.3, -0.25) is 4.90 Å². The monoisotopic (exact) mass is 150 g/mol. The average molecular weight is 150 g/mol. The van der Waals surface area contributed by atoms with Gasteiger partial charge in [0.25, 0.3) is 0 Å². The molecule has 1 nitrogen and oxygen atoms in total. The minimum absolute atomic E-state index is 0.535. The molecular weight excluding hydrogens is 134 g/mol. The summed E-state index contributed by atoms with van der Waals surface area (Å²) in [5, 5.41) is 0. The highest BCUT2D eigenvalue weighted by atomic mass is 15.1. The molecule has 0 saturated carbocycles. The summed E-state index contributed by atoms with van der Waals surface area (Å²) >= 11 is 0. The van der Waals surface area contributed by atoms with E-state index in [0.717, 1.165) is 6.42 Å². The fraction of sp³-hybridized carbons (Fsp3) is 0.800. The van der Waals surface area contributed by atoms with Gasteiger partial charge in [-0.2, -0.15) is 0 Å². The minimum atomic E-state index is 0.535. The van der Waals surface area contributed by atoms with Crippen LogP contribution in [0.1, 0.15) is 32.6 Å². The molecule has 0 N–H and O–H groups in total. The molecule has 1 heteroatoms. The fourth-order valence-electron chi connectivity index (χ4n) is 1.64. The van der Waals surface area contributed by atoms with Crippen LogP contribution in [0.2, 0.25) is 0 Å². The summed E-state index contributed by atoms with van der Waals surface area (Å²) < 4.78 is 0. The van der Waals surface area contributed by atoms with Crippen LogP contribution in [0.15, 0.2) is 0 Å². The summed E-state index contributed by atoms with van der Waals surface area (Å²) in [5.74, 6) is 2.47. The van der Waals surface area contributed by atoms with Crippen LogP contribution < -0.4 is 0 Å². The molecule has 1 fully saturated rings. The van der Waals surface area contributed by atoms with Crippen molar-refractivity contribution in [3.8, 4) is 5.92 Å². The van der Waals surface area contributed by atoms with Gasteiger partial charge in [-0.1, -0.05) is 12.3 Å². The van der Waals surface area contributed by atoms with Crippen LogP contribution in [0.3, 0.4) is 0 Å². The van der Waals surface area contributed by atoms with Crippen LogP contribution in [0.25, 0.3) is 0 Å². The van der Waals surface area contributed by atoms with Crippen molar-refractivity contribution in [1.82, 2.24) is 4.90 Å². The summed E-state index contributed by atoms with van der Waals surface area (Å²) in [6.07, 6.45) is 11.7. The summed E-state index contributed by atoms with van der Waals surface area (Å²) in [4.78, 5) is 2.46. The third-order valence-electron chi connectivity index (χ3n) is 2.41. The Morgan fingerprint density at radius 2 is 2.00 bits per heavy atom. The third-order valence-corrected chi connectivity index (χ3v) is 2.41. The van der Waals surface area contributed by atoms with E-state index in [-0.39, 0.29) is 0 Å². The van der Waals surface area contributed by atoms with Crippen LogP contribution in [0.4, 0.5) is 0 Å². The van der Waals surface area contributed by atoms with Crippen LogP contribution in [-0.4, -0.2) is 24.0 Å². The van der Waals surface area contributed by atoms with E-state index in [1.54, 1.807) is 0 Å². The zero-order chi connectivity index (χ0) is 8.10. The van der Waals surface area contributed by atoms with Crippen molar-refractivity contribution in [2.75, 3.05) is 13.1 Å². The van der Waals surface area contributed by atoms with Crippen molar-refractivity contribution >= 4 is 0 Å². The Balaban J connectivity index is 2.27. The SMILES string of the molecule is [C]#CCC(C)N1CCCCC1. The molecular formula is C10H16N. The number of piperidine rings is 1. The Morgan fingerprint density at radius 3 is 2.55 bits per heavy atom. The van der Waals surface area contributed by atoms with E-state index < -0.39 is 0 Å². The second-order valence-corrected chi connectivity index (χ2v) is 3.33. The van der Waals surface area contributed by atoms with Gasteiger partial charge in [-0.25, -0.2) is 0 Å². The van der Waals surface area contributed by atoms with Crippen LogP contribution in [0, 0.1) is 12.3 Å². The van der Waals surface area contributed by atoms with Gasteiger partial charge in [-0.05, 0) is 39.3 Å². The standard InChI is InChI=1S/C10H16N/c1-3-7-10(2)11-8-5-4-6-9-11/h10H,4-9H2,2H3. The second kappa shape index (κ2) is 4.41. The molecule has 1 heterocycles. The summed E-state index contributed by atoms with van der Waals surface area (Å²) in [6.45, 7) is 4.64. The molecule has 1 rings (SSSR count). The van der Waals surface area contributed by atoms with Gasteiger partial charge >= 0.3 is 0 Å². The van der Waals surface area contributed by atoms with E-state index in [9.17, 15) is 0 Å². The molecule has 0 aliphatic carbocycles. The van der Waals surface area contributed by atoms with Crippen LogP contribution in [-0.2, 0) is 0 Å². The lowest BCUT2D eigenvalue weighted by molar-refractivity contribution is 0.176. The van der Waals surface area contributed by atoms with Gasteiger partial charge in [-0.15, -0.1) is 0 Å². The molecule has 1 radical (unpaired) electrons. The molecule has 0 bridgehead atoms. The normalized spacial score (nSPS) is 22.5. The highest BCUT2D eigenvalue weighted by molar-refractivity contribution is 4.84. The van der Waals surface area contributed by atoms with E-state index in [1.165, 1.54) is 32.4 Å². The molecule has 0 aromatic heterocycles. The first kappa shape index (κ1) is 8.62. The van der Waals surface area contributed by atoms with Gasteiger partial charge in [0.05, 0.1) is 0 Å². The summed E-state index contributed by atoms with van der Waals surface area (Å²) in [7, 11) is 0. The van der Waals surface area contributed by atoms with Gasteiger partial charge < -0.3 is 0 Å². The van der Waals surface area contributed by atoms with Crippen molar-refractivity contribution < 1.29 is 0 Å². The Morgan fingerprint density at radius 1 is 1.36 bits per heavy atom. The molecule has 0 spiro atoms. The molecule has 61 valence electrons. The first-order valence-corrected chi connectivity index (χ1v) is 4.48. The number of nitrogens with zero attached hydrogens (tertiary/aromatic N) is 1. The first-order chi connectivity index (χ1) is 5.34. The second-order valence-electron chi connectivity index (χ2n) is 3.33. The third kappa shape index (κ3) is 2.55. The highest BCUT2D eigenvalue weighted by Gasteiger charge is 2.14. The lowest BCUT2D eigenvalue weighted by atomic mass is 10.1. The van der Waals surface area contributed by atoms with E-state index >= 15 is 0 Å². The molecule has 1 atom stereocenters. The molecule has 1 aliphatic rings. The molecule has 1 aliphatic heterocycles. The van der Waals surface area contributed by atoms with Crippen molar-refractivity contribution in [2.45, 2.75) is 38.6 Å². The zero-order valence-electron chi connectivity index (χ0n) is 7.27. The smallest absolute Gasteiger partial charge is 0.0253 e. The maximum Gasteiger partial charge on any atom is 0.0253 e. The Kier molecular flexibility index (Phi) is 3.45. The van der Waals surface area contributed by atoms with E-state index in [0.29, 0.717) is 6.04 Å². The Hall–Kier alpha value is -0.480. The number of likely N-dealkylation sites (tertiary alicyclic amines) is 1. The molecule has 11 heavy (non-hydrogen) atoms. The van der Waals surface area contributed by atoms with Gasteiger partial charge in [0, 0.05) is 12.5 Å². The number of rotatable bonds is 2. The van der Waals surface area contributed by atoms with Crippen LogP contribution in [0.5, 0.6) is 0 Å². The molecule has 0 amide bonds. The quantitative estimate of drug-likeness (QED) is 0.543. The lowest BCUT2D eigenvalue weighted by Crippen LogP contribution is -2.37. The molecule has 1 unspecified atom stereocenters. The lowest BCUT2D eigenvalue weighted by Gasteiger charge is -2.31. The predicted molar refractivity (Wildman–Crippen MR) is 46.6 cm³/mol. The van der Waals surface area contributed by atoms with E-state index in [1.807, 2.05) is 0 Å². The van der Waals surface area contributed by atoms with E-state index in [2.05, 4.69) is 17.7 Å². The van der Waals surface area contributed by atoms with Crippen molar-refractivity contribution in [3.05, 3.63) is 6.42 Å². The fourth-order valence-corrected chi connectivity index (χ4v) is 1.64. The predicted octanol–water partition coefficient (Wildman–Crippen LogP) is 1.84. The topological polar surface area (TPSA) is 3.24 Å². The Bertz CT molecular complexity index is 139. The summed E-state index contributed by atoms with van der Waals surface area (Å²) in [5.41, 5.74) is 0. The summed E-state index contributed by atoms with van der Waals surface area (Å²) in [6, 6.07) is 0.535. The minimum Gasteiger partial charge on any atom is -0.300 e. The number of hydrogen-bond donors (Lipinski definition) is 0. The van der Waals surface area contributed by atoms with Crippen molar-refractivity contribution in [3.63, 3.8) is 0 Å². The van der Waals surface area contributed by atoms with Crippen LogP contribution >= 0.6 is 0 Å². The van der Waals surface area contributed by atoms with Gasteiger partial charge in [0.2, 0.25) is 0 Å². The number of hydrogen-bond acceptors (Lipinski definition) is 1. The highest BCUT2D eigenvalue weighted by Crippen LogP contribution is 2.13. The maximum absolute atomic E-state index is 6.88. The largest absolute Gasteiger partial charge is 0.300 e. The first-order valence-electron chi connectivity index (χ1n) is 4.48. The Labute approximate surface area is 69.8 Å². The zero-order valence-corrected chi connectivity index (χ0v) is 7.27. The van der Waals surface area contributed by atoms with Crippen molar-refractivity contribution in [2.24, 2.45) is 0 Å².